The van der Waals surface area contributed by atoms with Crippen molar-refractivity contribution in [1.29, 1.82) is 0 Å². The largest absolute Gasteiger partial charge is 0.253 e. The Morgan fingerprint density at radius 3 is 2.26 bits per heavy atom. The Labute approximate surface area is 143 Å². The van der Waals surface area contributed by atoms with Crippen LogP contribution < -0.4 is 0 Å². The summed E-state index contributed by atoms with van der Waals surface area (Å²) in [5.74, 6) is 0. The number of hydrogen-bond acceptors (Lipinski definition) is 3. The van der Waals surface area contributed by atoms with Gasteiger partial charge in [0.15, 0.2) is 0 Å². The van der Waals surface area contributed by atoms with E-state index in [0.29, 0.717) is 11.3 Å². The molecular weight excluding hydrogens is 326 g/mol. The van der Waals surface area contributed by atoms with Crippen molar-refractivity contribution in [2.45, 2.75) is 36.1 Å². The van der Waals surface area contributed by atoms with Crippen LogP contribution >= 0.6 is 11.9 Å². The molecule has 122 valence electrons. The molecule has 0 fully saturated rings. The molecule has 2 aromatic rings. The summed E-state index contributed by atoms with van der Waals surface area (Å²) in [6.07, 6.45) is 2.34. The molecule has 0 saturated carbocycles. The first-order valence-corrected chi connectivity index (χ1v) is 9.67. The first-order chi connectivity index (χ1) is 11.0. The standard InChI is InChI=1S/C18H21NO2S2/c1-4-16(5-2)19(22-17-9-7-6-8-10-17)23(20,21)18-13-11-15(3)12-14-18/h4,6-14,16H,1,5H2,2-3H3. The minimum Gasteiger partial charge on any atom is -0.206 e. The van der Waals surface area contributed by atoms with Crippen LogP contribution in [0.3, 0.4) is 0 Å². The maximum atomic E-state index is 13.1. The predicted molar refractivity (Wildman–Crippen MR) is 96.8 cm³/mol. The van der Waals surface area contributed by atoms with Gasteiger partial charge in [-0.25, -0.2) is 8.42 Å². The van der Waals surface area contributed by atoms with Crippen LogP contribution in [0.25, 0.3) is 0 Å². The fourth-order valence-corrected chi connectivity index (χ4v) is 5.14. The molecule has 0 aliphatic rings. The van der Waals surface area contributed by atoms with Crippen molar-refractivity contribution in [3.05, 3.63) is 72.8 Å². The molecule has 0 heterocycles. The van der Waals surface area contributed by atoms with Gasteiger partial charge in [0.1, 0.15) is 0 Å². The Morgan fingerprint density at radius 2 is 1.74 bits per heavy atom. The second kappa shape index (κ2) is 7.81. The molecule has 3 nitrogen and oxygen atoms in total. The molecule has 0 aromatic heterocycles. The summed E-state index contributed by atoms with van der Waals surface area (Å²) in [4.78, 5) is 1.18. The van der Waals surface area contributed by atoms with Crippen LogP contribution in [0.1, 0.15) is 18.9 Å². The van der Waals surface area contributed by atoms with Gasteiger partial charge >= 0.3 is 0 Å². The normalized spacial score (nSPS) is 13.0. The van der Waals surface area contributed by atoms with Gasteiger partial charge in [-0.2, -0.15) is 0 Å². The molecule has 1 unspecified atom stereocenters. The number of aryl methyl sites for hydroxylation is 1. The fourth-order valence-electron chi connectivity index (χ4n) is 2.10. The predicted octanol–water partition coefficient (Wildman–Crippen LogP) is 4.66. The molecule has 2 aromatic carbocycles. The van der Waals surface area contributed by atoms with E-state index in [9.17, 15) is 8.42 Å². The molecule has 0 N–H and O–H groups in total. The van der Waals surface area contributed by atoms with Gasteiger partial charge in [0.2, 0.25) is 0 Å². The quantitative estimate of drug-likeness (QED) is 0.540. The van der Waals surface area contributed by atoms with E-state index in [1.807, 2.05) is 56.3 Å². The smallest absolute Gasteiger partial charge is 0.206 e. The van der Waals surface area contributed by atoms with E-state index in [1.165, 1.54) is 15.7 Å². The summed E-state index contributed by atoms with van der Waals surface area (Å²) in [7, 11) is -3.61. The Bertz CT molecular complexity index is 740. The molecule has 1 atom stereocenters. The van der Waals surface area contributed by atoms with Crippen LogP contribution in [0.2, 0.25) is 0 Å². The van der Waals surface area contributed by atoms with E-state index in [4.69, 9.17) is 0 Å². The van der Waals surface area contributed by atoms with Gasteiger partial charge in [0.05, 0.1) is 10.9 Å². The minimum atomic E-state index is -3.61. The van der Waals surface area contributed by atoms with E-state index in [0.717, 1.165) is 10.5 Å². The summed E-state index contributed by atoms with van der Waals surface area (Å²) in [6, 6.07) is 16.2. The highest BCUT2D eigenvalue weighted by Gasteiger charge is 2.30. The van der Waals surface area contributed by atoms with Crippen LogP contribution in [-0.2, 0) is 10.0 Å². The summed E-state index contributed by atoms with van der Waals surface area (Å²) >= 11 is 1.23. The summed E-state index contributed by atoms with van der Waals surface area (Å²) in [5.41, 5.74) is 1.03. The van der Waals surface area contributed by atoms with Crippen molar-refractivity contribution in [2.75, 3.05) is 0 Å². The van der Waals surface area contributed by atoms with E-state index in [2.05, 4.69) is 6.58 Å². The average molecular weight is 348 g/mol. The molecule has 5 heteroatoms. The van der Waals surface area contributed by atoms with Gasteiger partial charge in [-0.3, -0.25) is 0 Å². The van der Waals surface area contributed by atoms with E-state index < -0.39 is 10.0 Å². The zero-order valence-electron chi connectivity index (χ0n) is 13.3. The second-order valence-corrected chi connectivity index (χ2v) is 8.28. The zero-order chi connectivity index (χ0) is 16.9. The average Bonchev–Trinajstić information content (AvgIpc) is 2.56. The zero-order valence-corrected chi connectivity index (χ0v) is 15.0. The third-order valence-electron chi connectivity index (χ3n) is 3.46. The molecule has 0 aliphatic carbocycles. The number of hydrogen-bond donors (Lipinski definition) is 0. The Morgan fingerprint density at radius 1 is 1.13 bits per heavy atom. The topological polar surface area (TPSA) is 37.4 Å². The third kappa shape index (κ3) is 4.25. The highest BCUT2D eigenvalue weighted by atomic mass is 32.3. The van der Waals surface area contributed by atoms with Crippen molar-refractivity contribution in [3.8, 4) is 0 Å². The monoisotopic (exact) mass is 347 g/mol. The van der Waals surface area contributed by atoms with Crippen LogP contribution in [0.15, 0.2) is 77.0 Å². The molecule has 0 amide bonds. The maximum absolute atomic E-state index is 13.1. The van der Waals surface area contributed by atoms with Crippen LogP contribution in [0, 0.1) is 6.92 Å². The van der Waals surface area contributed by atoms with E-state index in [-0.39, 0.29) is 6.04 Å². The summed E-state index contributed by atoms with van der Waals surface area (Å²) in [5, 5.41) is 0. The summed E-state index contributed by atoms with van der Waals surface area (Å²) < 4.78 is 27.6. The highest BCUT2D eigenvalue weighted by molar-refractivity contribution is 8.08. The molecule has 0 saturated heterocycles. The van der Waals surface area contributed by atoms with Gasteiger partial charge in [-0.15, -0.1) is 10.3 Å². The van der Waals surface area contributed by atoms with Crippen LogP contribution in [-0.4, -0.2) is 18.2 Å². The van der Waals surface area contributed by atoms with Gasteiger partial charge in [0.25, 0.3) is 10.0 Å². The lowest BCUT2D eigenvalue weighted by Crippen LogP contribution is -2.33. The summed E-state index contributed by atoms with van der Waals surface area (Å²) in [6.45, 7) is 7.69. The van der Waals surface area contributed by atoms with E-state index in [1.54, 1.807) is 18.2 Å². The van der Waals surface area contributed by atoms with Gasteiger partial charge in [-0.1, -0.05) is 48.9 Å². The molecule has 0 aliphatic heterocycles. The van der Waals surface area contributed by atoms with E-state index >= 15 is 0 Å². The lowest BCUT2D eigenvalue weighted by Gasteiger charge is -2.27. The van der Waals surface area contributed by atoms with Crippen molar-refractivity contribution >= 4 is 22.0 Å². The number of rotatable bonds is 7. The lowest BCUT2D eigenvalue weighted by molar-refractivity contribution is 0.498. The SMILES string of the molecule is C=CC(CC)N(Sc1ccccc1)S(=O)(=O)c1ccc(C)cc1. The fraction of sp³-hybridized carbons (Fsp3) is 0.222. The molecule has 0 radical (unpaired) electrons. The third-order valence-corrected chi connectivity index (χ3v) is 6.81. The van der Waals surface area contributed by atoms with Crippen molar-refractivity contribution in [1.82, 2.24) is 3.71 Å². The van der Waals surface area contributed by atoms with Gasteiger partial charge in [0, 0.05) is 4.90 Å². The van der Waals surface area contributed by atoms with Gasteiger partial charge < -0.3 is 0 Å². The molecule has 0 spiro atoms. The number of nitrogens with zero attached hydrogens (tertiary/aromatic N) is 1. The lowest BCUT2D eigenvalue weighted by atomic mass is 10.2. The number of sulfonamides is 1. The highest BCUT2D eigenvalue weighted by Crippen LogP contribution is 2.33. The molecule has 2 rings (SSSR count). The Kier molecular flexibility index (Phi) is 6.04. The van der Waals surface area contributed by atoms with Crippen molar-refractivity contribution in [2.24, 2.45) is 0 Å². The molecule has 0 bridgehead atoms. The molecule has 23 heavy (non-hydrogen) atoms. The Balaban J connectivity index is 2.43. The first kappa shape index (κ1) is 17.8. The number of benzene rings is 2. The van der Waals surface area contributed by atoms with Gasteiger partial charge in [-0.05, 0) is 49.6 Å². The molecular formula is C18H21NO2S2. The first-order valence-electron chi connectivity index (χ1n) is 7.45. The minimum absolute atomic E-state index is 0.272. The second-order valence-electron chi connectivity index (χ2n) is 5.19. The Hall–Kier alpha value is -1.56. The van der Waals surface area contributed by atoms with Crippen molar-refractivity contribution in [3.63, 3.8) is 0 Å². The maximum Gasteiger partial charge on any atom is 0.253 e. The van der Waals surface area contributed by atoms with Crippen molar-refractivity contribution < 1.29 is 8.42 Å². The van der Waals surface area contributed by atoms with Crippen LogP contribution in [0.4, 0.5) is 0 Å². The van der Waals surface area contributed by atoms with Crippen LogP contribution in [0.5, 0.6) is 0 Å².